The second-order valence-corrected chi connectivity index (χ2v) is 8.02. The summed E-state index contributed by atoms with van der Waals surface area (Å²) in [4.78, 5) is 12.2. The number of ether oxygens (including phenoxy) is 2. The number of rotatable bonds is 12. The monoisotopic (exact) mass is 398 g/mol. The highest BCUT2D eigenvalue weighted by Crippen LogP contribution is 2.19. The van der Waals surface area contributed by atoms with E-state index in [0.29, 0.717) is 25.0 Å². The molecule has 5 nitrogen and oxygen atoms in total. The largest absolute Gasteiger partial charge is 0.494 e. The molecule has 2 aromatic rings. The molecule has 0 aromatic heterocycles. The number of anilines is 2. The van der Waals surface area contributed by atoms with Crippen molar-refractivity contribution in [1.82, 2.24) is 0 Å². The van der Waals surface area contributed by atoms with Gasteiger partial charge in [0.15, 0.2) is 0 Å². The van der Waals surface area contributed by atoms with Crippen LogP contribution in [0.5, 0.6) is 11.5 Å². The SMILES string of the molecule is CC(C)CCOc1ccc(NCC(=O)Nc2cccc(OCCC(C)C)c2)cc1. The van der Waals surface area contributed by atoms with Crippen molar-refractivity contribution in [2.75, 3.05) is 30.4 Å². The summed E-state index contributed by atoms with van der Waals surface area (Å²) in [6.07, 6.45) is 2.03. The molecule has 0 bridgehead atoms. The average Bonchev–Trinajstić information content (AvgIpc) is 2.67. The van der Waals surface area contributed by atoms with Crippen molar-refractivity contribution in [1.29, 1.82) is 0 Å². The zero-order valence-electron chi connectivity index (χ0n) is 18.0. The third-order valence-electron chi connectivity index (χ3n) is 4.35. The molecule has 0 saturated heterocycles. The van der Waals surface area contributed by atoms with Crippen molar-refractivity contribution in [3.8, 4) is 11.5 Å². The lowest BCUT2D eigenvalue weighted by Gasteiger charge is -2.11. The molecule has 2 rings (SSSR count). The Bertz CT molecular complexity index is 742. The van der Waals surface area contributed by atoms with Gasteiger partial charge in [0.25, 0.3) is 0 Å². The van der Waals surface area contributed by atoms with Gasteiger partial charge in [-0.2, -0.15) is 0 Å². The Morgan fingerprint density at radius 2 is 1.45 bits per heavy atom. The maximum absolute atomic E-state index is 12.2. The number of nitrogens with one attached hydrogen (secondary N) is 2. The molecule has 0 aliphatic carbocycles. The Morgan fingerprint density at radius 1 is 0.828 bits per heavy atom. The Morgan fingerprint density at radius 3 is 2.07 bits per heavy atom. The fraction of sp³-hybridized carbons (Fsp3) is 0.458. The maximum Gasteiger partial charge on any atom is 0.243 e. The maximum atomic E-state index is 12.2. The third kappa shape index (κ3) is 9.37. The van der Waals surface area contributed by atoms with Crippen molar-refractivity contribution in [2.24, 2.45) is 11.8 Å². The zero-order chi connectivity index (χ0) is 21.1. The van der Waals surface area contributed by atoms with Crippen LogP contribution in [0.4, 0.5) is 11.4 Å². The molecule has 0 aliphatic heterocycles. The van der Waals surface area contributed by atoms with Crippen LogP contribution in [-0.2, 0) is 4.79 Å². The predicted octanol–water partition coefficient (Wildman–Crippen LogP) is 5.59. The van der Waals surface area contributed by atoms with E-state index in [-0.39, 0.29) is 12.5 Å². The lowest BCUT2D eigenvalue weighted by Crippen LogP contribution is -2.21. The van der Waals surface area contributed by atoms with Crippen molar-refractivity contribution in [2.45, 2.75) is 40.5 Å². The zero-order valence-corrected chi connectivity index (χ0v) is 18.0. The normalized spacial score (nSPS) is 10.8. The first-order chi connectivity index (χ1) is 13.9. The number of benzene rings is 2. The first-order valence-electron chi connectivity index (χ1n) is 10.4. The quantitative estimate of drug-likeness (QED) is 0.489. The van der Waals surface area contributed by atoms with Crippen molar-refractivity contribution in [3.05, 3.63) is 48.5 Å². The Balaban J connectivity index is 1.75. The highest BCUT2D eigenvalue weighted by atomic mass is 16.5. The minimum Gasteiger partial charge on any atom is -0.494 e. The summed E-state index contributed by atoms with van der Waals surface area (Å²) in [5.41, 5.74) is 1.61. The van der Waals surface area contributed by atoms with E-state index in [1.54, 1.807) is 0 Å². The van der Waals surface area contributed by atoms with Crippen LogP contribution >= 0.6 is 0 Å². The van der Waals surface area contributed by atoms with Crippen LogP contribution in [0, 0.1) is 11.8 Å². The highest BCUT2D eigenvalue weighted by Gasteiger charge is 2.05. The molecule has 5 heteroatoms. The smallest absolute Gasteiger partial charge is 0.243 e. The van der Waals surface area contributed by atoms with E-state index >= 15 is 0 Å². The minimum atomic E-state index is -0.110. The molecule has 2 N–H and O–H groups in total. The Labute approximate surface area is 174 Å². The van der Waals surface area contributed by atoms with Gasteiger partial charge in [-0.15, -0.1) is 0 Å². The standard InChI is InChI=1S/C24H34N2O3/c1-18(2)12-14-28-22-10-8-20(9-11-22)25-17-24(27)26-21-6-5-7-23(16-21)29-15-13-19(3)4/h5-11,16,18-19,25H,12-15,17H2,1-4H3,(H,26,27). The third-order valence-corrected chi connectivity index (χ3v) is 4.35. The molecule has 0 heterocycles. The van der Waals surface area contributed by atoms with Gasteiger partial charge in [-0.05, 0) is 61.1 Å². The van der Waals surface area contributed by atoms with E-state index in [9.17, 15) is 4.79 Å². The molecule has 2 aromatic carbocycles. The van der Waals surface area contributed by atoms with E-state index in [0.717, 1.165) is 35.7 Å². The van der Waals surface area contributed by atoms with E-state index in [2.05, 4.69) is 38.3 Å². The van der Waals surface area contributed by atoms with Gasteiger partial charge in [0.2, 0.25) is 5.91 Å². The van der Waals surface area contributed by atoms with Gasteiger partial charge in [0.05, 0.1) is 19.8 Å². The second kappa shape index (κ2) is 12.0. The molecular weight excluding hydrogens is 364 g/mol. The summed E-state index contributed by atoms with van der Waals surface area (Å²) in [6, 6.07) is 15.2. The van der Waals surface area contributed by atoms with Crippen LogP contribution in [0.1, 0.15) is 40.5 Å². The Hall–Kier alpha value is -2.69. The molecular formula is C24H34N2O3. The van der Waals surface area contributed by atoms with Crippen LogP contribution < -0.4 is 20.1 Å². The number of carbonyl (C=O) groups is 1. The molecule has 0 atom stereocenters. The van der Waals surface area contributed by atoms with Crippen LogP contribution in [0.15, 0.2) is 48.5 Å². The summed E-state index contributed by atoms with van der Waals surface area (Å²) in [5, 5.41) is 6.02. The van der Waals surface area contributed by atoms with E-state index in [4.69, 9.17) is 9.47 Å². The van der Waals surface area contributed by atoms with Crippen LogP contribution in [0.3, 0.4) is 0 Å². The number of hydrogen-bond acceptors (Lipinski definition) is 4. The number of hydrogen-bond donors (Lipinski definition) is 2. The number of amides is 1. The summed E-state index contributed by atoms with van der Waals surface area (Å²) in [6.45, 7) is 10.3. The van der Waals surface area contributed by atoms with Gasteiger partial charge in [0.1, 0.15) is 11.5 Å². The topological polar surface area (TPSA) is 59.6 Å². The van der Waals surface area contributed by atoms with Gasteiger partial charge in [-0.1, -0.05) is 33.8 Å². The summed E-state index contributed by atoms with van der Waals surface area (Å²) >= 11 is 0. The number of carbonyl (C=O) groups excluding carboxylic acids is 1. The average molecular weight is 399 g/mol. The summed E-state index contributed by atoms with van der Waals surface area (Å²) in [5.74, 6) is 2.73. The first-order valence-corrected chi connectivity index (χ1v) is 10.4. The second-order valence-electron chi connectivity index (χ2n) is 8.02. The molecule has 0 aliphatic rings. The molecule has 0 unspecified atom stereocenters. The summed E-state index contributed by atoms with van der Waals surface area (Å²) < 4.78 is 11.5. The van der Waals surface area contributed by atoms with Crippen LogP contribution in [0.25, 0.3) is 0 Å². The highest BCUT2D eigenvalue weighted by molar-refractivity contribution is 5.93. The van der Waals surface area contributed by atoms with Crippen molar-refractivity contribution >= 4 is 17.3 Å². The van der Waals surface area contributed by atoms with Crippen molar-refractivity contribution in [3.63, 3.8) is 0 Å². The van der Waals surface area contributed by atoms with Gasteiger partial charge in [-0.3, -0.25) is 4.79 Å². The molecule has 29 heavy (non-hydrogen) atoms. The van der Waals surface area contributed by atoms with Gasteiger partial charge in [0, 0.05) is 17.4 Å². The van der Waals surface area contributed by atoms with Gasteiger partial charge in [-0.25, -0.2) is 0 Å². The predicted molar refractivity (Wildman–Crippen MR) is 120 cm³/mol. The van der Waals surface area contributed by atoms with Crippen LogP contribution in [0.2, 0.25) is 0 Å². The van der Waals surface area contributed by atoms with E-state index in [1.807, 2.05) is 48.5 Å². The lowest BCUT2D eigenvalue weighted by molar-refractivity contribution is -0.114. The lowest BCUT2D eigenvalue weighted by atomic mass is 10.1. The van der Waals surface area contributed by atoms with E-state index in [1.165, 1.54) is 0 Å². The fourth-order valence-electron chi connectivity index (χ4n) is 2.55. The first kappa shape index (κ1) is 22.6. The molecule has 1 amide bonds. The molecule has 0 radical (unpaired) electrons. The molecule has 0 saturated carbocycles. The van der Waals surface area contributed by atoms with Gasteiger partial charge >= 0.3 is 0 Å². The summed E-state index contributed by atoms with van der Waals surface area (Å²) in [7, 11) is 0. The van der Waals surface area contributed by atoms with Crippen molar-refractivity contribution < 1.29 is 14.3 Å². The fourth-order valence-corrected chi connectivity index (χ4v) is 2.55. The molecule has 158 valence electrons. The Kier molecular flexibility index (Phi) is 9.35. The van der Waals surface area contributed by atoms with E-state index < -0.39 is 0 Å². The van der Waals surface area contributed by atoms with Crippen LogP contribution in [-0.4, -0.2) is 25.7 Å². The molecule has 0 spiro atoms. The van der Waals surface area contributed by atoms with Gasteiger partial charge < -0.3 is 20.1 Å². The minimum absolute atomic E-state index is 0.110. The molecule has 0 fully saturated rings.